The second kappa shape index (κ2) is 6.16. The average Bonchev–Trinajstić information content (AvgIpc) is 1.97. The van der Waals surface area contributed by atoms with E-state index in [1.54, 1.807) is 7.05 Å². The van der Waals surface area contributed by atoms with Crippen LogP contribution in [0.3, 0.4) is 0 Å². The number of amides is 1. The van der Waals surface area contributed by atoms with Crippen molar-refractivity contribution in [2.45, 2.75) is 20.3 Å². The van der Waals surface area contributed by atoms with Crippen LogP contribution in [0.25, 0.3) is 0 Å². The Morgan fingerprint density at radius 3 is 2.55 bits per heavy atom. The van der Waals surface area contributed by atoms with Gasteiger partial charge in [0.25, 0.3) is 0 Å². The van der Waals surface area contributed by atoms with Crippen LogP contribution >= 0.6 is 0 Å². The van der Waals surface area contributed by atoms with Crippen LogP contribution in [0.5, 0.6) is 0 Å². The summed E-state index contributed by atoms with van der Waals surface area (Å²) in [4.78, 5) is 10.7. The summed E-state index contributed by atoms with van der Waals surface area (Å²) < 4.78 is 0. The number of carbonyl (C=O) groups excluding carboxylic acids is 1. The molecule has 0 aliphatic heterocycles. The van der Waals surface area contributed by atoms with Crippen molar-refractivity contribution in [1.82, 2.24) is 10.6 Å². The molecule has 0 aromatic carbocycles. The lowest BCUT2D eigenvalue weighted by Gasteiger charge is -2.05. The Kier molecular flexibility index (Phi) is 5.84. The summed E-state index contributed by atoms with van der Waals surface area (Å²) in [5.41, 5.74) is 0. The second-order valence-electron chi connectivity index (χ2n) is 3.02. The molecule has 0 aromatic rings. The molecule has 0 aliphatic rings. The molecule has 0 saturated heterocycles. The lowest BCUT2D eigenvalue weighted by molar-refractivity contribution is -0.120. The first-order valence-corrected chi connectivity index (χ1v) is 4.08. The molecule has 0 atom stereocenters. The molecule has 0 saturated carbocycles. The SMILES string of the molecule is CNC(=O)CCNCC(C)C. The molecule has 0 radical (unpaired) electrons. The minimum absolute atomic E-state index is 0.0984. The zero-order valence-corrected chi connectivity index (χ0v) is 7.61. The summed E-state index contributed by atoms with van der Waals surface area (Å²) in [6.45, 7) is 6.05. The zero-order valence-electron chi connectivity index (χ0n) is 7.61. The Hall–Kier alpha value is -0.570. The molecule has 0 bridgehead atoms. The smallest absolute Gasteiger partial charge is 0.221 e. The zero-order chi connectivity index (χ0) is 8.69. The molecule has 3 heteroatoms. The van der Waals surface area contributed by atoms with E-state index < -0.39 is 0 Å². The minimum Gasteiger partial charge on any atom is -0.359 e. The van der Waals surface area contributed by atoms with Gasteiger partial charge in [0.05, 0.1) is 0 Å². The minimum atomic E-state index is 0.0984. The molecule has 0 spiro atoms. The lowest BCUT2D eigenvalue weighted by Crippen LogP contribution is -2.26. The van der Waals surface area contributed by atoms with E-state index in [4.69, 9.17) is 0 Å². The highest BCUT2D eigenvalue weighted by atomic mass is 16.1. The van der Waals surface area contributed by atoms with E-state index in [0.717, 1.165) is 13.1 Å². The van der Waals surface area contributed by atoms with E-state index in [2.05, 4.69) is 24.5 Å². The molecule has 0 heterocycles. The van der Waals surface area contributed by atoms with E-state index in [1.165, 1.54) is 0 Å². The number of nitrogens with one attached hydrogen (secondary N) is 2. The average molecular weight is 158 g/mol. The molecular formula is C8H18N2O. The molecule has 0 aliphatic carbocycles. The summed E-state index contributed by atoms with van der Waals surface area (Å²) >= 11 is 0. The van der Waals surface area contributed by atoms with Gasteiger partial charge >= 0.3 is 0 Å². The maximum atomic E-state index is 10.7. The van der Waals surface area contributed by atoms with Crippen molar-refractivity contribution in [3.8, 4) is 0 Å². The van der Waals surface area contributed by atoms with Crippen LogP contribution < -0.4 is 10.6 Å². The van der Waals surface area contributed by atoms with Gasteiger partial charge in [0.2, 0.25) is 5.91 Å². The molecular weight excluding hydrogens is 140 g/mol. The predicted molar refractivity (Wildman–Crippen MR) is 46.4 cm³/mol. The molecule has 0 fully saturated rings. The molecule has 1 amide bonds. The summed E-state index contributed by atoms with van der Waals surface area (Å²) in [5.74, 6) is 0.751. The maximum Gasteiger partial charge on any atom is 0.221 e. The van der Waals surface area contributed by atoms with Crippen LogP contribution in [0.2, 0.25) is 0 Å². The number of rotatable bonds is 5. The van der Waals surface area contributed by atoms with Gasteiger partial charge < -0.3 is 10.6 Å². The summed E-state index contributed by atoms with van der Waals surface area (Å²) in [6, 6.07) is 0. The van der Waals surface area contributed by atoms with Gasteiger partial charge in [-0.25, -0.2) is 0 Å². The summed E-state index contributed by atoms with van der Waals surface area (Å²) in [6.07, 6.45) is 0.573. The van der Waals surface area contributed by atoms with E-state index in [9.17, 15) is 4.79 Å². The predicted octanol–water partition coefficient (Wildman–Crippen LogP) is 0.368. The van der Waals surface area contributed by atoms with E-state index in [1.807, 2.05) is 0 Å². The fraction of sp³-hybridized carbons (Fsp3) is 0.875. The molecule has 3 nitrogen and oxygen atoms in total. The van der Waals surface area contributed by atoms with Crippen molar-refractivity contribution in [1.29, 1.82) is 0 Å². The van der Waals surface area contributed by atoms with Crippen LogP contribution in [-0.4, -0.2) is 26.0 Å². The number of carbonyl (C=O) groups is 1. The highest BCUT2D eigenvalue weighted by Crippen LogP contribution is 1.86. The van der Waals surface area contributed by atoms with Gasteiger partial charge in [0.1, 0.15) is 0 Å². The monoisotopic (exact) mass is 158 g/mol. The van der Waals surface area contributed by atoms with Crippen molar-refractivity contribution in [2.24, 2.45) is 5.92 Å². The van der Waals surface area contributed by atoms with Crippen molar-refractivity contribution >= 4 is 5.91 Å². The normalized spacial score (nSPS) is 10.2. The molecule has 0 rings (SSSR count). The van der Waals surface area contributed by atoms with Gasteiger partial charge in [-0.15, -0.1) is 0 Å². The third-order valence-corrected chi connectivity index (χ3v) is 1.36. The summed E-state index contributed by atoms with van der Waals surface area (Å²) in [7, 11) is 1.66. The Morgan fingerprint density at radius 1 is 1.45 bits per heavy atom. The van der Waals surface area contributed by atoms with Gasteiger partial charge in [-0.1, -0.05) is 13.8 Å². The van der Waals surface area contributed by atoms with E-state index in [-0.39, 0.29) is 5.91 Å². The van der Waals surface area contributed by atoms with Crippen molar-refractivity contribution in [3.05, 3.63) is 0 Å². The molecule has 0 unspecified atom stereocenters. The highest BCUT2D eigenvalue weighted by Gasteiger charge is 1.96. The number of hydrogen-bond donors (Lipinski definition) is 2. The largest absolute Gasteiger partial charge is 0.359 e. The third-order valence-electron chi connectivity index (χ3n) is 1.36. The maximum absolute atomic E-state index is 10.7. The quantitative estimate of drug-likeness (QED) is 0.567. The van der Waals surface area contributed by atoms with E-state index >= 15 is 0 Å². The molecule has 0 aromatic heterocycles. The lowest BCUT2D eigenvalue weighted by atomic mass is 10.2. The van der Waals surface area contributed by atoms with Gasteiger partial charge in [-0.3, -0.25) is 4.79 Å². The Balaban J connectivity index is 3.08. The topological polar surface area (TPSA) is 41.1 Å². The van der Waals surface area contributed by atoms with Crippen molar-refractivity contribution in [3.63, 3.8) is 0 Å². The van der Waals surface area contributed by atoms with Crippen LogP contribution in [0, 0.1) is 5.92 Å². The first-order chi connectivity index (χ1) is 5.16. The summed E-state index contributed by atoms with van der Waals surface area (Å²) in [5, 5.41) is 5.76. The fourth-order valence-corrected chi connectivity index (χ4v) is 0.718. The van der Waals surface area contributed by atoms with Crippen molar-refractivity contribution < 1.29 is 4.79 Å². The van der Waals surface area contributed by atoms with Gasteiger partial charge in [-0.05, 0) is 12.5 Å². The van der Waals surface area contributed by atoms with Gasteiger partial charge in [0, 0.05) is 20.0 Å². The number of hydrogen-bond acceptors (Lipinski definition) is 2. The van der Waals surface area contributed by atoms with Crippen LogP contribution in [0.1, 0.15) is 20.3 Å². The Bertz CT molecular complexity index is 113. The van der Waals surface area contributed by atoms with Crippen molar-refractivity contribution in [2.75, 3.05) is 20.1 Å². The third kappa shape index (κ3) is 7.33. The standard InChI is InChI=1S/C8H18N2O/c1-7(2)6-10-5-4-8(11)9-3/h7,10H,4-6H2,1-3H3,(H,9,11). The molecule has 11 heavy (non-hydrogen) atoms. The Morgan fingerprint density at radius 2 is 2.09 bits per heavy atom. The Labute approximate surface area is 68.6 Å². The highest BCUT2D eigenvalue weighted by molar-refractivity contribution is 5.75. The van der Waals surface area contributed by atoms with E-state index in [0.29, 0.717) is 12.3 Å². The molecule has 66 valence electrons. The first kappa shape index (κ1) is 10.4. The van der Waals surface area contributed by atoms with Crippen LogP contribution in [0.15, 0.2) is 0 Å². The van der Waals surface area contributed by atoms with Crippen LogP contribution in [0.4, 0.5) is 0 Å². The van der Waals surface area contributed by atoms with Gasteiger partial charge in [0.15, 0.2) is 0 Å². The first-order valence-electron chi connectivity index (χ1n) is 4.08. The fourth-order valence-electron chi connectivity index (χ4n) is 0.718. The molecule has 2 N–H and O–H groups in total. The van der Waals surface area contributed by atoms with Crippen LogP contribution in [-0.2, 0) is 4.79 Å². The van der Waals surface area contributed by atoms with Gasteiger partial charge in [-0.2, -0.15) is 0 Å². The second-order valence-corrected chi connectivity index (χ2v) is 3.02.